The van der Waals surface area contributed by atoms with Gasteiger partial charge in [-0.1, -0.05) is 26.8 Å². The van der Waals surface area contributed by atoms with Gasteiger partial charge in [-0.2, -0.15) is 0 Å². The minimum Gasteiger partial charge on any atom is -0.497 e. The van der Waals surface area contributed by atoms with Gasteiger partial charge < -0.3 is 15.2 Å². The van der Waals surface area contributed by atoms with E-state index in [2.05, 4.69) is 20.8 Å². The number of benzene rings is 1. The maximum atomic E-state index is 6.18. The molecule has 0 bridgehead atoms. The number of rotatable bonds is 5. The third-order valence-electron chi connectivity index (χ3n) is 3.33. The van der Waals surface area contributed by atoms with Gasteiger partial charge in [0.1, 0.15) is 11.5 Å². The summed E-state index contributed by atoms with van der Waals surface area (Å²) in [5.41, 5.74) is 7.50. The molecule has 2 N–H and O–H groups in total. The molecule has 1 atom stereocenters. The first-order valence-electron chi connectivity index (χ1n) is 6.35. The average Bonchev–Trinajstić information content (AvgIpc) is 2.34. The highest BCUT2D eigenvalue weighted by Gasteiger charge is 2.20. The second-order valence-electron chi connectivity index (χ2n) is 5.69. The van der Waals surface area contributed by atoms with Crippen LogP contribution in [0.3, 0.4) is 0 Å². The van der Waals surface area contributed by atoms with Crippen molar-refractivity contribution in [1.29, 1.82) is 0 Å². The Balaban J connectivity index is 2.73. The van der Waals surface area contributed by atoms with E-state index >= 15 is 0 Å². The number of aryl methyl sites for hydroxylation is 1. The molecule has 0 saturated carbocycles. The molecule has 0 aromatic heterocycles. The molecule has 0 saturated heterocycles. The van der Waals surface area contributed by atoms with E-state index in [1.165, 1.54) is 5.56 Å². The van der Waals surface area contributed by atoms with Crippen molar-refractivity contribution in [2.75, 3.05) is 14.2 Å². The Hall–Kier alpha value is -1.22. The highest BCUT2D eigenvalue weighted by Crippen LogP contribution is 2.27. The molecule has 0 spiro atoms. The highest BCUT2D eigenvalue weighted by molar-refractivity contribution is 5.40. The fourth-order valence-corrected chi connectivity index (χ4v) is 1.80. The van der Waals surface area contributed by atoms with E-state index < -0.39 is 0 Å². The zero-order valence-electron chi connectivity index (χ0n) is 12.1. The van der Waals surface area contributed by atoms with Crippen LogP contribution in [0.1, 0.15) is 32.8 Å². The molecule has 102 valence electrons. The molecule has 1 aromatic rings. The minimum absolute atomic E-state index is 0.139. The topological polar surface area (TPSA) is 44.5 Å². The van der Waals surface area contributed by atoms with Crippen LogP contribution in [0.4, 0.5) is 0 Å². The summed E-state index contributed by atoms with van der Waals surface area (Å²) < 4.78 is 10.6. The summed E-state index contributed by atoms with van der Waals surface area (Å²) in [5, 5.41) is 0. The van der Waals surface area contributed by atoms with Crippen LogP contribution in [-0.2, 0) is 6.42 Å². The first kappa shape index (κ1) is 14.8. The van der Waals surface area contributed by atoms with Crippen molar-refractivity contribution >= 4 is 0 Å². The molecule has 1 rings (SSSR count). The molecule has 0 aliphatic heterocycles. The van der Waals surface area contributed by atoms with Crippen LogP contribution in [0.15, 0.2) is 18.2 Å². The third-order valence-corrected chi connectivity index (χ3v) is 3.33. The minimum atomic E-state index is 0.139. The predicted molar refractivity (Wildman–Crippen MR) is 75.3 cm³/mol. The molecule has 1 unspecified atom stereocenters. The van der Waals surface area contributed by atoms with E-state index in [-0.39, 0.29) is 11.5 Å². The maximum absolute atomic E-state index is 6.18. The van der Waals surface area contributed by atoms with Crippen LogP contribution >= 0.6 is 0 Å². The first-order valence-corrected chi connectivity index (χ1v) is 6.35. The van der Waals surface area contributed by atoms with Crippen molar-refractivity contribution < 1.29 is 9.47 Å². The Bertz CT molecular complexity index is 383. The maximum Gasteiger partial charge on any atom is 0.125 e. The number of ether oxygens (including phenoxy) is 2. The van der Waals surface area contributed by atoms with Gasteiger partial charge in [0.15, 0.2) is 0 Å². The molecule has 1 aromatic carbocycles. The van der Waals surface area contributed by atoms with Crippen molar-refractivity contribution in [3.05, 3.63) is 23.8 Å². The van der Waals surface area contributed by atoms with Gasteiger partial charge in [-0.25, -0.2) is 0 Å². The Morgan fingerprint density at radius 1 is 1.17 bits per heavy atom. The average molecular weight is 251 g/mol. The van der Waals surface area contributed by atoms with Crippen LogP contribution in [0.2, 0.25) is 0 Å². The predicted octanol–water partition coefficient (Wildman–Crippen LogP) is 3.01. The molecule has 3 heteroatoms. The van der Waals surface area contributed by atoms with Gasteiger partial charge in [0.25, 0.3) is 0 Å². The molecule has 3 nitrogen and oxygen atoms in total. The fraction of sp³-hybridized carbons (Fsp3) is 0.600. The lowest BCUT2D eigenvalue weighted by atomic mass is 9.84. The molecule has 0 fully saturated rings. The Morgan fingerprint density at radius 2 is 1.83 bits per heavy atom. The van der Waals surface area contributed by atoms with Crippen molar-refractivity contribution in [3.8, 4) is 11.5 Å². The molecule has 0 aliphatic rings. The number of methoxy groups -OCH3 is 2. The molecule has 0 amide bonds. The van der Waals surface area contributed by atoms with E-state index in [1.54, 1.807) is 14.2 Å². The zero-order chi connectivity index (χ0) is 13.8. The Labute approximate surface area is 110 Å². The molecular formula is C15H25NO2. The van der Waals surface area contributed by atoms with Gasteiger partial charge in [0.2, 0.25) is 0 Å². The van der Waals surface area contributed by atoms with Crippen LogP contribution < -0.4 is 15.2 Å². The smallest absolute Gasteiger partial charge is 0.125 e. The normalized spacial score (nSPS) is 13.2. The van der Waals surface area contributed by atoms with Crippen LogP contribution in [0, 0.1) is 5.41 Å². The van der Waals surface area contributed by atoms with Gasteiger partial charge in [-0.3, -0.25) is 0 Å². The second kappa shape index (κ2) is 6.10. The molecular weight excluding hydrogens is 226 g/mol. The lowest BCUT2D eigenvalue weighted by Crippen LogP contribution is -2.35. The van der Waals surface area contributed by atoms with Crippen LogP contribution in [-0.4, -0.2) is 20.3 Å². The Kier molecular flexibility index (Phi) is 5.03. The lowest BCUT2D eigenvalue weighted by Gasteiger charge is -2.27. The van der Waals surface area contributed by atoms with Crippen LogP contribution in [0.25, 0.3) is 0 Å². The van der Waals surface area contributed by atoms with E-state index in [0.29, 0.717) is 0 Å². The summed E-state index contributed by atoms with van der Waals surface area (Å²) in [5.74, 6) is 1.69. The molecule has 18 heavy (non-hydrogen) atoms. The number of hydrogen-bond acceptors (Lipinski definition) is 3. The second-order valence-corrected chi connectivity index (χ2v) is 5.69. The van der Waals surface area contributed by atoms with E-state index in [1.807, 2.05) is 18.2 Å². The van der Waals surface area contributed by atoms with Gasteiger partial charge in [0, 0.05) is 12.1 Å². The molecule has 0 radical (unpaired) electrons. The first-order chi connectivity index (χ1) is 8.38. The molecule has 0 heterocycles. The standard InChI is InChI=1S/C15H25NO2/c1-15(2,3)14(16)9-7-11-6-8-12(17-4)10-13(11)18-5/h6,8,10,14H,7,9,16H2,1-5H3. The monoisotopic (exact) mass is 251 g/mol. The van der Waals surface area contributed by atoms with Gasteiger partial charge in [0.05, 0.1) is 14.2 Å². The number of hydrogen-bond donors (Lipinski definition) is 1. The van der Waals surface area contributed by atoms with Gasteiger partial charge in [-0.05, 0) is 29.9 Å². The summed E-state index contributed by atoms with van der Waals surface area (Å²) in [6.45, 7) is 6.51. The Morgan fingerprint density at radius 3 is 2.33 bits per heavy atom. The lowest BCUT2D eigenvalue weighted by molar-refractivity contribution is 0.304. The SMILES string of the molecule is COc1ccc(CCC(N)C(C)(C)C)c(OC)c1. The van der Waals surface area contributed by atoms with Crippen molar-refractivity contribution in [2.45, 2.75) is 39.7 Å². The third kappa shape index (κ3) is 3.91. The summed E-state index contributed by atoms with van der Waals surface area (Å²) in [4.78, 5) is 0. The quantitative estimate of drug-likeness (QED) is 0.875. The summed E-state index contributed by atoms with van der Waals surface area (Å²) in [6.07, 6.45) is 1.87. The van der Waals surface area contributed by atoms with E-state index in [0.717, 1.165) is 24.3 Å². The summed E-state index contributed by atoms with van der Waals surface area (Å²) >= 11 is 0. The van der Waals surface area contributed by atoms with Crippen molar-refractivity contribution in [1.82, 2.24) is 0 Å². The van der Waals surface area contributed by atoms with Crippen molar-refractivity contribution in [3.63, 3.8) is 0 Å². The summed E-state index contributed by atoms with van der Waals surface area (Å²) in [7, 11) is 3.34. The van der Waals surface area contributed by atoms with Gasteiger partial charge >= 0.3 is 0 Å². The summed E-state index contributed by atoms with van der Waals surface area (Å²) in [6, 6.07) is 6.11. The highest BCUT2D eigenvalue weighted by atomic mass is 16.5. The zero-order valence-corrected chi connectivity index (χ0v) is 12.1. The van der Waals surface area contributed by atoms with E-state index in [4.69, 9.17) is 15.2 Å². The van der Waals surface area contributed by atoms with E-state index in [9.17, 15) is 0 Å². The largest absolute Gasteiger partial charge is 0.497 e. The van der Waals surface area contributed by atoms with Crippen LogP contribution in [0.5, 0.6) is 11.5 Å². The fourth-order valence-electron chi connectivity index (χ4n) is 1.80. The number of nitrogens with two attached hydrogens (primary N) is 1. The van der Waals surface area contributed by atoms with Crippen molar-refractivity contribution in [2.24, 2.45) is 11.1 Å². The molecule has 0 aliphatic carbocycles. The van der Waals surface area contributed by atoms with Gasteiger partial charge in [-0.15, -0.1) is 0 Å².